The van der Waals surface area contributed by atoms with Crippen molar-refractivity contribution in [2.24, 2.45) is 10.6 Å². The van der Waals surface area contributed by atoms with Gasteiger partial charge >= 0.3 is 12.5 Å². The molecule has 200 valence electrons. The Kier molecular flexibility index (Phi) is 6.84. The van der Waals surface area contributed by atoms with E-state index in [1.807, 2.05) is 0 Å². The zero-order chi connectivity index (χ0) is 27.2. The number of rotatable bonds is 5. The van der Waals surface area contributed by atoms with Crippen LogP contribution in [0.25, 0.3) is 0 Å². The first-order valence-electron chi connectivity index (χ1n) is 11.1. The molecule has 1 unspecified atom stereocenters. The second-order valence-corrected chi connectivity index (χ2v) is 10.7. The number of nitrogens with zero attached hydrogens (tertiary/aromatic N) is 2. The number of primary sulfonamides is 1. The molecule has 4 rings (SSSR count). The van der Waals surface area contributed by atoms with E-state index in [0.29, 0.717) is 18.9 Å². The van der Waals surface area contributed by atoms with Crippen LogP contribution in [0.2, 0.25) is 0 Å². The highest BCUT2D eigenvalue weighted by Gasteiger charge is 2.55. The molecule has 2 fully saturated rings. The van der Waals surface area contributed by atoms with Crippen LogP contribution in [0.4, 0.5) is 22.4 Å². The molecular formula is C23H23F4N3O6S. The summed E-state index contributed by atoms with van der Waals surface area (Å²) in [5.41, 5.74) is -0.276. The maximum absolute atomic E-state index is 14.8. The third-order valence-electron chi connectivity index (χ3n) is 6.96. The predicted molar refractivity (Wildman–Crippen MR) is 121 cm³/mol. The van der Waals surface area contributed by atoms with Gasteiger partial charge in [0, 0.05) is 42.7 Å². The monoisotopic (exact) mass is 545 g/mol. The van der Waals surface area contributed by atoms with Crippen molar-refractivity contribution in [1.29, 1.82) is 0 Å². The van der Waals surface area contributed by atoms with Gasteiger partial charge < -0.3 is 19.6 Å². The number of carboxylic acid groups (broad SMARTS) is 1. The molecule has 1 spiro atoms. The third kappa shape index (κ3) is 5.64. The molecule has 2 heterocycles. The highest BCUT2D eigenvalue weighted by Crippen LogP contribution is 2.48. The first-order chi connectivity index (χ1) is 17.2. The van der Waals surface area contributed by atoms with Gasteiger partial charge in [0.1, 0.15) is 11.6 Å². The number of sulfonamides is 1. The van der Waals surface area contributed by atoms with Gasteiger partial charge in [-0.3, -0.25) is 4.79 Å². The van der Waals surface area contributed by atoms with E-state index in [-0.39, 0.29) is 42.1 Å². The maximum atomic E-state index is 14.8. The molecule has 2 saturated heterocycles. The Morgan fingerprint density at radius 1 is 1.11 bits per heavy atom. The second-order valence-electron chi connectivity index (χ2n) is 9.16. The van der Waals surface area contributed by atoms with Gasteiger partial charge in [0.25, 0.3) is 5.91 Å². The molecule has 0 aliphatic carbocycles. The van der Waals surface area contributed by atoms with Crippen LogP contribution < -0.4 is 9.88 Å². The summed E-state index contributed by atoms with van der Waals surface area (Å²) < 4.78 is 79.0. The molecular weight excluding hydrogens is 522 g/mol. The predicted octanol–water partition coefficient (Wildman–Crippen LogP) is 3.20. The van der Waals surface area contributed by atoms with E-state index >= 15 is 0 Å². The summed E-state index contributed by atoms with van der Waals surface area (Å²) in [6.45, 7) is 0.702. The van der Waals surface area contributed by atoms with Crippen molar-refractivity contribution in [2.75, 3.05) is 19.6 Å². The lowest BCUT2D eigenvalue weighted by atomic mass is 9.63. The van der Waals surface area contributed by atoms with Gasteiger partial charge in [-0.05, 0) is 55.2 Å². The number of carbonyl (C=O) groups is 2. The van der Waals surface area contributed by atoms with E-state index in [4.69, 9.17) is 5.14 Å². The molecule has 2 aromatic carbocycles. The normalized spacial score (nSPS) is 19.4. The Morgan fingerprint density at radius 2 is 1.73 bits per heavy atom. The molecule has 2 aliphatic rings. The Bertz CT molecular complexity index is 1310. The van der Waals surface area contributed by atoms with Crippen LogP contribution in [0.1, 0.15) is 28.8 Å². The minimum absolute atomic E-state index is 0.0216. The van der Waals surface area contributed by atoms with E-state index in [0.717, 1.165) is 6.07 Å². The van der Waals surface area contributed by atoms with E-state index in [9.17, 15) is 40.7 Å². The smallest absolute Gasteiger partial charge is 0.465 e. The largest absolute Gasteiger partial charge is 0.573 e. The van der Waals surface area contributed by atoms with Crippen molar-refractivity contribution in [3.63, 3.8) is 0 Å². The molecule has 1 atom stereocenters. The number of nitrogens with two attached hydrogens (primary N) is 1. The molecule has 2 aliphatic heterocycles. The number of alkyl halides is 3. The summed E-state index contributed by atoms with van der Waals surface area (Å²) in [6.07, 6.45) is -5.25. The number of likely N-dealkylation sites (tertiary alicyclic amines) is 2. The van der Waals surface area contributed by atoms with Crippen molar-refractivity contribution in [3.8, 4) is 5.75 Å². The SMILES string of the molecule is NS(=O)(=O)c1ccc(C(=O)N2CC3(CCN(C(=O)O)CC3)C2Cc2ccc(OC(F)(F)F)cc2F)cc1. The molecule has 14 heteroatoms. The summed E-state index contributed by atoms with van der Waals surface area (Å²) in [7, 11) is -3.96. The minimum atomic E-state index is -4.98. The number of amides is 2. The van der Waals surface area contributed by atoms with Gasteiger partial charge in [0.15, 0.2) is 0 Å². The number of benzene rings is 2. The van der Waals surface area contributed by atoms with Crippen LogP contribution in [0.3, 0.4) is 0 Å². The number of hydrogen-bond acceptors (Lipinski definition) is 5. The molecule has 2 aromatic rings. The molecule has 0 aromatic heterocycles. The Morgan fingerprint density at radius 3 is 2.24 bits per heavy atom. The Labute approximate surface area is 209 Å². The minimum Gasteiger partial charge on any atom is -0.465 e. The van der Waals surface area contributed by atoms with Crippen molar-refractivity contribution < 1.29 is 45.4 Å². The van der Waals surface area contributed by atoms with Crippen molar-refractivity contribution in [3.05, 3.63) is 59.4 Å². The average Bonchev–Trinajstić information content (AvgIpc) is 2.80. The lowest BCUT2D eigenvalue weighted by molar-refractivity contribution is -0.274. The first-order valence-corrected chi connectivity index (χ1v) is 12.7. The number of ether oxygens (including phenoxy) is 1. The Hall–Kier alpha value is -3.39. The van der Waals surface area contributed by atoms with E-state index in [2.05, 4.69) is 4.74 Å². The van der Waals surface area contributed by atoms with E-state index < -0.39 is 51.4 Å². The van der Waals surface area contributed by atoms with Crippen LogP contribution >= 0.6 is 0 Å². The second kappa shape index (κ2) is 9.49. The first kappa shape index (κ1) is 26.7. The molecule has 0 bridgehead atoms. The standard InChI is InChI=1S/C23H23F4N3O6S/c24-18-12-16(36-23(25,26)27)4-1-15(18)11-19-22(7-9-29(10-8-22)21(32)33)13-30(19)20(31)14-2-5-17(6-3-14)37(28,34)35/h1-6,12,19H,7-11,13H2,(H,32,33)(H2,28,34,35). The Balaban J connectivity index is 1.59. The lowest BCUT2D eigenvalue weighted by Crippen LogP contribution is -2.69. The number of halogens is 4. The fraction of sp³-hybridized carbons (Fsp3) is 0.391. The van der Waals surface area contributed by atoms with Crippen LogP contribution in [-0.2, 0) is 16.4 Å². The van der Waals surface area contributed by atoms with Gasteiger partial charge in [-0.1, -0.05) is 6.07 Å². The number of carbonyl (C=O) groups excluding carboxylic acids is 1. The molecule has 3 N–H and O–H groups in total. The highest BCUT2D eigenvalue weighted by atomic mass is 32.2. The molecule has 9 nitrogen and oxygen atoms in total. The quantitative estimate of drug-likeness (QED) is 0.555. The summed E-state index contributed by atoms with van der Waals surface area (Å²) in [5.74, 6) is -2.10. The van der Waals surface area contributed by atoms with Gasteiger partial charge in [0.05, 0.1) is 4.90 Å². The van der Waals surface area contributed by atoms with Gasteiger partial charge in [-0.15, -0.1) is 13.2 Å². The van der Waals surface area contributed by atoms with Crippen molar-refractivity contribution >= 4 is 22.0 Å². The summed E-state index contributed by atoms with van der Waals surface area (Å²) in [4.78, 5) is 27.2. The van der Waals surface area contributed by atoms with Crippen LogP contribution in [-0.4, -0.2) is 67.4 Å². The topological polar surface area (TPSA) is 130 Å². The van der Waals surface area contributed by atoms with Crippen LogP contribution in [0, 0.1) is 11.2 Å². The molecule has 2 amide bonds. The fourth-order valence-electron chi connectivity index (χ4n) is 5.00. The molecule has 37 heavy (non-hydrogen) atoms. The lowest BCUT2D eigenvalue weighted by Gasteiger charge is -2.60. The van der Waals surface area contributed by atoms with Gasteiger partial charge in [-0.2, -0.15) is 0 Å². The fourth-order valence-corrected chi connectivity index (χ4v) is 5.52. The van der Waals surface area contributed by atoms with Crippen molar-refractivity contribution in [2.45, 2.75) is 36.6 Å². The van der Waals surface area contributed by atoms with Gasteiger partial charge in [-0.25, -0.2) is 22.7 Å². The van der Waals surface area contributed by atoms with Gasteiger partial charge in [0.2, 0.25) is 10.0 Å². The number of piperidine rings is 1. The van der Waals surface area contributed by atoms with Crippen molar-refractivity contribution in [1.82, 2.24) is 9.80 Å². The third-order valence-corrected chi connectivity index (χ3v) is 7.89. The zero-order valence-corrected chi connectivity index (χ0v) is 20.1. The zero-order valence-electron chi connectivity index (χ0n) is 19.2. The van der Waals surface area contributed by atoms with Crippen LogP contribution in [0.15, 0.2) is 47.4 Å². The summed E-state index contributed by atoms with van der Waals surface area (Å²) >= 11 is 0. The summed E-state index contributed by atoms with van der Waals surface area (Å²) in [5, 5.41) is 14.4. The summed E-state index contributed by atoms with van der Waals surface area (Å²) in [6, 6.07) is 7.20. The van der Waals surface area contributed by atoms with E-state index in [1.165, 1.54) is 40.1 Å². The van der Waals surface area contributed by atoms with Crippen LogP contribution in [0.5, 0.6) is 5.75 Å². The molecule has 0 radical (unpaired) electrons. The molecule has 0 saturated carbocycles. The highest BCUT2D eigenvalue weighted by molar-refractivity contribution is 7.89. The maximum Gasteiger partial charge on any atom is 0.573 e. The van der Waals surface area contributed by atoms with E-state index in [1.54, 1.807) is 0 Å². The average molecular weight is 546 g/mol. The number of hydrogen-bond donors (Lipinski definition) is 2.